The Morgan fingerprint density at radius 1 is 1.13 bits per heavy atom. The number of morpholine rings is 1. The van der Waals surface area contributed by atoms with Crippen LogP contribution in [0.3, 0.4) is 0 Å². The van der Waals surface area contributed by atoms with Crippen LogP contribution in [0.5, 0.6) is 5.75 Å². The quantitative estimate of drug-likeness (QED) is 0.701. The Kier molecular flexibility index (Phi) is 7.24. The third kappa shape index (κ3) is 5.96. The van der Waals surface area contributed by atoms with E-state index in [0.717, 1.165) is 18.8 Å². The molecule has 0 radical (unpaired) electrons. The molecular weight excluding hydrogens is 386 g/mol. The zero-order valence-electron chi connectivity index (χ0n) is 16.7. The normalized spacial score (nSPS) is 14.3. The summed E-state index contributed by atoms with van der Waals surface area (Å²) < 4.78 is 15.8. The summed E-state index contributed by atoms with van der Waals surface area (Å²) in [6.07, 6.45) is -0.971. The summed E-state index contributed by atoms with van der Waals surface area (Å²) in [5, 5.41) is 11.5. The van der Waals surface area contributed by atoms with E-state index in [4.69, 9.17) is 19.5 Å². The van der Waals surface area contributed by atoms with Crippen LogP contribution in [0.1, 0.15) is 12.5 Å². The fourth-order valence-corrected chi connectivity index (χ4v) is 2.87. The van der Waals surface area contributed by atoms with E-state index in [1.807, 2.05) is 30.3 Å². The highest BCUT2D eigenvalue weighted by molar-refractivity contribution is 5.95. The smallest absolute Gasteiger partial charge is 0.344 e. The zero-order valence-corrected chi connectivity index (χ0v) is 16.7. The SMILES string of the molecule is C[C@@H](OC(=O)COc1ccc(C#N)cc1)C(=O)Nc1ccc(N2CCOCC2)cc1. The predicted molar refractivity (Wildman–Crippen MR) is 110 cm³/mol. The summed E-state index contributed by atoms with van der Waals surface area (Å²) in [4.78, 5) is 26.4. The van der Waals surface area contributed by atoms with Gasteiger partial charge in [-0.1, -0.05) is 0 Å². The number of hydrogen-bond acceptors (Lipinski definition) is 7. The standard InChI is InChI=1S/C22H23N3O5/c1-16(30-21(26)15-29-20-8-2-17(14-23)3-9-20)22(27)24-18-4-6-19(7-5-18)25-10-12-28-13-11-25/h2-9,16H,10-13,15H2,1H3,(H,24,27)/t16-/m1/s1. The van der Waals surface area contributed by atoms with Gasteiger partial charge in [0.25, 0.3) is 5.91 Å². The molecule has 0 spiro atoms. The molecule has 1 saturated heterocycles. The molecule has 3 rings (SSSR count). The molecular formula is C22H23N3O5. The molecule has 0 aromatic heterocycles. The van der Waals surface area contributed by atoms with Gasteiger partial charge in [0.15, 0.2) is 12.7 Å². The summed E-state index contributed by atoms with van der Waals surface area (Å²) >= 11 is 0. The molecule has 2 aromatic rings. The molecule has 1 aliphatic rings. The highest BCUT2D eigenvalue weighted by atomic mass is 16.6. The fraction of sp³-hybridized carbons (Fsp3) is 0.318. The second-order valence-electron chi connectivity index (χ2n) is 6.69. The number of hydrogen-bond donors (Lipinski definition) is 1. The number of nitrogens with one attached hydrogen (secondary N) is 1. The summed E-state index contributed by atoms with van der Waals surface area (Å²) in [7, 11) is 0. The average Bonchev–Trinajstić information content (AvgIpc) is 2.79. The maximum absolute atomic E-state index is 12.3. The molecule has 1 aliphatic heterocycles. The number of benzene rings is 2. The van der Waals surface area contributed by atoms with Crippen LogP contribution < -0.4 is 15.0 Å². The van der Waals surface area contributed by atoms with Gasteiger partial charge >= 0.3 is 5.97 Å². The monoisotopic (exact) mass is 409 g/mol. The van der Waals surface area contributed by atoms with E-state index in [1.165, 1.54) is 6.92 Å². The Bertz CT molecular complexity index is 900. The molecule has 1 fully saturated rings. The second-order valence-corrected chi connectivity index (χ2v) is 6.69. The number of carbonyl (C=O) groups is 2. The van der Waals surface area contributed by atoms with Crippen LogP contribution in [0.15, 0.2) is 48.5 Å². The van der Waals surface area contributed by atoms with Crippen molar-refractivity contribution in [1.82, 2.24) is 0 Å². The molecule has 0 aliphatic carbocycles. The van der Waals surface area contributed by atoms with E-state index in [-0.39, 0.29) is 6.61 Å². The lowest BCUT2D eigenvalue weighted by Crippen LogP contribution is -2.36. The molecule has 1 atom stereocenters. The summed E-state index contributed by atoms with van der Waals surface area (Å²) in [6.45, 7) is 4.24. The molecule has 8 heteroatoms. The Hall–Kier alpha value is -3.57. The van der Waals surface area contributed by atoms with Crippen molar-refractivity contribution in [2.75, 3.05) is 43.1 Å². The lowest BCUT2D eigenvalue weighted by molar-refractivity contribution is -0.155. The van der Waals surface area contributed by atoms with Gasteiger partial charge in [-0.15, -0.1) is 0 Å². The van der Waals surface area contributed by atoms with E-state index in [9.17, 15) is 9.59 Å². The summed E-state index contributed by atoms with van der Waals surface area (Å²) in [5.41, 5.74) is 2.18. The van der Waals surface area contributed by atoms with Gasteiger partial charge in [-0.2, -0.15) is 5.26 Å². The largest absolute Gasteiger partial charge is 0.482 e. The molecule has 1 heterocycles. The zero-order chi connectivity index (χ0) is 21.3. The number of amides is 1. The lowest BCUT2D eigenvalue weighted by Gasteiger charge is -2.28. The van der Waals surface area contributed by atoms with Crippen molar-refractivity contribution in [3.05, 3.63) is 54.1 Å². The van der Waals surface area contributed by atoms with Crippen LogP contribution in [-0.2, 0) is 19.1 Å². The number of esters is 1. The van der Waals surface area contributed by atoms with Crippen molar-refractivity contribution >= 4 is 23.3 Å². The third-order valence-electron chi connectivity index (χ3n) is 4.53. The predicted octanol–water partition coefficient (Wildman–Crippen LogP) is 2.34. The number of nitrogens with zero attached hydrogens (tertiary/aromatic N) is 2. The van der Waals surface area contributed by atoms with E-state index in [1.54, 1.807) is 24.3 Å². The maximum Gasteiger partial charge on any atom is 0.344 e. The first-order chi connectivity index (χ1) is 14.5. The van der Waals surface area contributed by atoms with Gasteiger partial charge in [0, 0.05) is 24.5 Å². The van der Waals surface area contributed by atoms with Crippen molar-refractivity contribution in [2.45, 2.75) is 13.0 Å². The summed E-state index contributed by atoms with van der Waals surface area (Å²) in [6, 6.07) is 15.8. The molecule has 8 nitrogen and oxygen atoms in total. The molecule has 30 heavy (non-hydrogen) atoms. The van der Waals surface area contributed by atoms with Gasteiger partial charge in [0.2, 0.25) is 0 Å². The van der Waals surface area contributed by atoms with Gasteiger partial charge in [0.05, 0.1) is 24.8 Å². The topological polar surface area (TPSA) is 101 Å². The van der Waals surface area contributed by atoms with E-state index in [0.29, 0.717) is 30.2 Å². The van der Waals surface area contributed by atoms with Crippen molar-refractivity contribution in [1.29, 1.82) is 5.26 Å². The molecule has 0 bridgehead atoms. The molecule has 0 saturated carbocycles. The Labute approximate surface area is 174 Å². The van der Waals surface area contributed by atoms with Crippen molar-refractivity contribution in [3.63, 3.8) is 0 Å². The minimum atomic E-state index is -0.971. The van der Waals surface area contributed by atoms with Gasteiger partial charge < -0.3 is 24.4 Å². The van der Waals surface area contributed by atoms with Crippen LogP contribution in [0, 0.1) is 11.3 Å². The number of nitriles is 1. The minimum absolute atomic E-state index is 0.336. The molecule has 1 amide bonds. The van der Waals surface area contributed by atoms with Crippen LogP contribution in [0.4, 0.5) is 11.4 Å². The molecule has 2 aromatic carbocycles. The number of anilines is 2. The van der Waals surface area contributed by atoms with Gasteiger partial charge in [0.1, 0.15) is 5.75 Å². The van der Waals surface area contributed by atoms with Crippen LogP contribution in [0.2, 0.25) is 0 Å². The van der Waals surface area contributed by atoms with Crippen molar-refractivity contribution < 1.29 is 23.8 Å². The number of carbonyl (C=O) groups excluding carboxylic acids is 2. The van der Waals surface area contributed by atoms with Crippen molar-refractivity contribution in [2.24, 2.45) is 0 Å². The fourth-order valence-electron chi connectivity index (χ4n) is 2.87. The van der Waals surface area contributed by atoms with E-state index >= 15 is 0 Å². The summed E-state index contributed by atoms with van der Waals surface area (Å²) in [5.74, 6) is -0.658. The lowest BCUT2D eigenvalue weighted by atomic mass is 10.2. The third-order valence-corrected chi connectivity index (χ3v) is 4.53. The van der Waals surface area contributed by atoms with Gasteiger partial charge in [-0.25, -0.2) is 4.79 Å². The second kappa shape index (κ2) is 10.3. The number of rotatable bonds is 7. The van der Waals surface area contributed by atoms with Gasteiger partial charge in [-0.3, -0.25) is 4.79 Å². The Morgan fingerprint density at radius 3 is 2.43 bits per heavy atom. The average molecular weight is 409 g/mol. The first-order valence-corrected chi connectivity index (χ1v) is 9.61. The first kappa shape index (κ1) is 21.1. The minimum Gasteiger partial charge on any atom is -0.482 e. The molecule has 0 unspecified atom stereocenters. The molecule has 156 valence electrons. The van der Waals surface area contributed by atoms with E-state index < -0.39 is 18.0 Å². The van der Waals surface area contributed by atoms with Crippen LogP contribution in [-0.4, -0.2) is 50.9 Å². The maximum atomic E-state index is 12.3. The van der Waals surface area contributed by atoms with Crippen molar-refractivity contribution in [3.8, 4) is 11.8 Å². The van der Waals surface area contributed by atoms with Gasteiger partial charge in [-0.05, 0) is 55.5 Å². The van der Waals surface area contributed by atoms with E-state index in [2.05, 4.69) is 10.2 Å². The Morgan fingerprint density at radius 2 is 1.80 bits per heavy atom. The highest BCUT2D eigenvalue weighted by Crippen LogP contribution is 2.19. The highest BCUT2D eigenvalue weighted by Gasteiger charge is 2.19. The molecule has 1 N–H and O–H groups in total. The number of ether oxygens (including phenoxy) is 3. The Balaban J connectivity index is 1.44. The van der Waals surface area contributed by atoms with Crippen LogP contribution >= 0.6 is 0 Å². The van der Waals surface area contributed by atoms with Crippen LogP contribution in [0.25, 0.3) is 0 Å². The first-order valence-electron chi connectivity index (χ1n) is 9.61.